The zero-order chi connectivity index (χ0) is 14.0. The van der Waals surface area contributed by atoms with Crippen molar-refractivity contribution in [3.8, 4) is 0 Å². The number of amides is 1. The summed E-state index contributed by atoms with van der Waals surface area (Å²) < 4.78 is 26.6. The van der Waals surface area contributed by atoms with Gasteiger partial charge < -0.3 is 5.32 Å². The van der Waals surface area contributed by atoms with E-state index in [9.17, 15) is 13.6 Å². The average molecular weight is 326 g/mol. The maximum absolute atomic E-state index is 13.0. The molecule has 1 N–H and O–H groups in total. The van der Waals surface area contributed by atoms with E-state index in [1.54, 1.807) is 19.1 Å². The van der Waals surface area contributed by atoms with Crippen LogP contribution in [0.3, 0.4) is 0 Å². The molecule has 0 aromatic heterocycles. The van der Waals surface area contributed by atoms with Crippen LogP contribution in [0.2, 0.25) is 0 Å². The third kappa shape index (κ3) is 2.98. The van der Waals surface area contributed by atoms with Gasteiger partial charge in [0.1, 0.15) is 0 Å². The number of hydrogen-bond acceptors (Lipinski definition) is 1. The molecule has 0 bridgehead atoms. The molecule has 0 aliphatic rings. The van der Waals surface area contributed by atoms with Crippen LogP contribution in [0.5, 0.6) is 0 Å². The third-order valence-electron chi connectivity index (χ3n) is 2.69. The lowest BCUT2D eigenvalue weighted by atomic mass is 10.1. The van der Waals surface area contributed by atoms with Crippen molar-refractivity contribution >= 4 is 27.5 Å². The molecule has 2 nitrogen and oxygen atoms in total. The fraction of sp³-hybridized carbons (Fsp3) is 0.0714. The lowest BCUT2D eigenvalue weighted by Gasteiger charge is -2.09. The van der Waals surface area contributed by atoms with Crippen LogP contribution in [0.4, 0.5) is 14.5 Å². The Morgan fingerprint density at radius 2 is 1.89 bits per heavy atom. The van der Waals surface area contributed by atoms with Crippen molar-refractivity contribution in [2.24, 2.45) is 0 Å². The van der Waals surface area contributed by atoms with Gasteiger partial charge in [0.25, 0.3) is 5.91 Å². The van der Waals surface area contributed by atoms with Crippen molar-refractivity contribution < 1.29 is 13.6 Å². The molecule has 0 spiro atoms. The topological polar surface area (TPSA) is 29.1 Å². The molecular formula is C14H10BrF2NO. The summed E-state index contributed by atoms with van der Waals surface area (Å²) in [5.41, 5.74) is 1.46. The monoisotopic (exact) mass is 325 g/mol. The van der Waals surface area contributed by atoms with Crippen LogP contribution in [0.1, 0.15) is 15.9 Å². The van der Waals surface area contributed by atoms with Gasteiger partial charge >= 0.3 is 0 Å². The number of rotatable bonds is 2. The highest BCUT2D eigenvalue weighted by atomic mass is 79.9. The highest BCUT2D eigenvalue weighted by molar-refractivity contribution is 9.10. The second-order valence-corrected chi connectivity index (χ2v) is 4.85. The highest BCUT2D eigenvalue weighted by Gasteiger charge is 2.12. The molecule has 98 valence electrons. The quantitative estimate of drug-likeness (QED) is 0.876. The first kappa shape index (κ1) is 13.7. The Balaban J connectivity index is 2.26. The van der Waals surface area contributed by atoms with E-state index in [1.165, 1.54) is 6.07 Å². The fourth-order valence-corrected chi connectivity index (χ4v) is 1.99. The van der Waals surface area contributed by atoms with E-state index in [-0.39, 0.29) is 11.6 Å². The molecule has 2 aromatic rings. The summed E-state index contributed by atoms with van der Waals surface area (Å²) in [6.07, 6.45) is 0. The summed E-state index contributed by atoms with van der Waals surface area (Å²) in [7, 11) is 0. The Morgan fingerprint density at radius 3 is 2.58 bits per heavy atom. The Hall–Kier alpha value is -1.75. The molecular weight excluding hydrogens is 316 g/mol. The molecule has 0 saturated carbocycles. The van der Waals surface area contributed by atoms with Gasteiger partial charge in [-0.15, -0.1) is 0 Å². The fourth-order valence-electron chi connectivity index (χ4n) is 1.63. The van der Waals surface area contributed by atoms with E-state index in [4.69, 9.17) is 0 Å². The molecule has 0 aliphatic carbocycles. The molecule has 0 atom stereocenters. The van der Waals surface area contributed by atoms with Gasteiger partial charge in [0, 0.05) is 21.8 Å². The van der Waals surface area contributed by atoms with E-state index < -0.39 is 11.6 Å². The van der Waals surface area contributed by atoms with Gasteiger partial charge in [-0.1, -0.05) is 22.0 Å². The minimum Gasteiger partial charge on any atom is -0.322 e. The number of hydrogen-bond donors (Lipinski definition) is 1. The standard InChI is InChI=1S/C14H10BrF2NO/c1-8-10(3-2-4-11(8)15)14(19)18-9-5-6-12(16)13(17)7-9/h2-7H,1H3,(H,18,19). The van der Waals surface area contributed by atoms with E-state index >= 15 is 0 Å². The Kier molecular flexibility index (Phi) is 3.95. The third-order valence-corrected chi connectivity index (χ3v) is 3.55. The molecule has 0 unspecified atom stereocenters. The second-order valence-electron chi connectivity index (χ2n) is 4.00. The number of carbonyl (C=O) groups excluding carboxylic acids is 1. The molecule has 0 radical (unpaired) electrons. The molecule has 0 heterocycles. The van der Waals surface area contributed by atoms with Gasteiger partial charge in [-0.25, -0.2) is 8.78 Å². The minimum absolute atomic E-state index is 0.211. The van der Waals surface area contributed by atoms with E-state index in [0.717, 1.165) is 22.2 Å². The van der Waals surface area contributed by atoms with E-state index in [0.29, 0.717) is 5.56 Å². The Labute approximate surface area is 117 Å². The summed E-state index contributed by atoms with van der Waals surface area (Å²) in [5, 5.41) is 2.53. The summed E-state index contributed by atoms with van der Waals surface area (Å²) in [5.74, 6) is -2.31. The highest BCUT2D eigenvalue weighted by Crippen LogP contribution is 2.21. The van der Waals surface area contributed by atoms with E-state index in [1.807, 2.05) is 6.07 Å². The molecule has 0 saturated heterocycles. The molecule has 0 aliphatic heterocycles. The van der Waals surface area contributed by atoms with Crippen molar-refractivity contribution in [3.63, 3.8) is 0 Å². The van der Waals surface area contributed by atoms with Crippen LogP contribution in [0.15, 0.2) is 40.9 Å². The number of benzene rings is 2. The smallest absolute Gasteiger partial charge is 0.255 e. The van der Waals surface area contributed by atoms with Crippen LogP contribution in [-0.4, -0.2) is 5.91 Å². The van der Waals surface area contributed by atoms with Crippen LogP contribution in [0.25, 0.3) is 0 Å². The maximum Gasteiger partial charge on any atom is 0.255 e. The Bertz CT molecular complexity index is 643. The van der Waals surface area contributed by atoms with Crippen molar-refractivity contribution in [2.75, 3.05) is 5.32 Å². The van der Waals surface area contributed by atoms with Crippen LogP contribution < -0.4 is 5.32 Å². The van der Waals surface area contributed by atoms with Crippen LogP contribution in [-0.2, 0) is 0 Å². The summed E-state index contributed by atoms with van der Waals surface area (Å²) >= 11 is 3.33. The largest absolute Gasteiger partial charge is 0.322 e. The molecule has 0 fully saturated rings. The molecule has 2 aromatic carbocycles. The number of anilines is 1. The SMILES string of the molecule is Cc1c(Br)cccc1C(=O)Nc1ccc(F)c(F)c1. The van der Waals surface area contributed by atoms with Crippen molar-refractivity contribution in [2.45, 2.75) is 6.92 Å². The number of halogens is 3. The maximum atomic E-state index is 13.0. The summed E-state index contributed by atoms with van der Waals surface area (Å²) in [4.78, 5) is 12.0. The van der Waals surface area contributed by atoms with E-state index in [2.05, 4.69) is 21.2 Å². The summed E-state index contributed by atoms with van der Waals surface area (Å²) in [6.45, 7) is 1.80. The first-order valence-electron chi connectivity index (χ1n) is 5.50. The molecule has 1 amide bonds. The number of carbonyl (C=O) groups is 1. The van der Waals surface area contributed by atoms with Gasteiger partial charge in [0.2, 0.25) is 0 Å². The Morgan fingerprint density at radius 1 is 1.16 bits per heavy atom. The van der Waals surface area contributed by atoms with Gasteiger partial charge in [0.15, 0.2) is 11.6 Å². The predicted octanol–water partition coefficient (Wildman–Crippen LogP) is 4.29. The molecule has 19 heavy (non-hydrogen) atoms. The van der Waals surface area contributed by atoms with Gasteiger partial charge in [-0.05, 0) is 36.8 Å². The second kappa shape index (κ2) is 5.48. The zero-order valence-electron chi connectivity index (χ0n) is 10.0. The first-order valence-corrected chi connectivity index (χ1v) is 6.30. The molecule has 2 rings (SSSR count). The predicted molar refractivity (Wildman–Crippen MR) is 73.2 cm³/mol. The van der Waals surface area contributed by atoms with Crippen molar-refractivity contribution in [1.82, 2.24) is 0 Å². The van der Waals surface area contributed by atoms with Gasteiger partial charge in [0.05, 0.1) is 0 Å². The first-order chi connectivity index (χ1) is 8.99. The lowest BCUT2D eigenvalue weighted by molar-refractivity contribution is 0.102. The van der Waals surface area contributed by atoms with Crippen molar-refractivity contribution in [1.29, 1.82) is 0 Å². The zero-order valence-corrected chi connectivity index (χ0v) is 11.6. The molecule has 5 heteroatoms. The summed E-state index contributed by atoms with van der Waals surface area (Å²) in [6, 6.07) is 8.44. The van der Waals surface area contributed by atoms with Crippen LogP contribution in [0, 0.1) is 18.6 Å². The van der Waals surface area contributed by atoms with Gasteiger partial charge in [-0.3, -0.25) is 4.79 Å². The van der Waals surface area contributed by atoms with Crippen LogP contribution >= 0.6 is 15.9 Å². The average Bonchev–Trinajstić information content (AvgIpc) is 2.37. The lowest BCUT2D eigenvalue weighted by Crippen LogP contribution is -2.13. The van der Waals surface area contributed by atoms with Crippen molar-refractivity contribution in [3.05, 3.63) is 63.6 Å². The van der Waals surface area contributed by atoms with Gasteiger partial charge in [-0.2, -0.15) is 0 Å². The minimum atomic E-state index is -0.997. The number of nitrogens with one attached hydrogen (secondary N) is 1. The normalized spacial score (nSPS) is 10.3.